The maximum Gasteiger partial charge on any atom is 0.130 e. The van der Waals surface area contributed by atoms with Crippen molar-refractivity contribution in [2.24, 2.45) is 0 Å². The largest absolute Gasteiger partial charge is 0.396 e. The fourth-order valence-corrected chi connectivity index (χ4v) is 2.15. The van der Waals surface area contributed by atoms with E-state index in [2.05, 4.69) is 5.32 Å². The van der Waals surface area contributed by atoms with Crippen LogP contribution in [-0.2, 0) is 6.54 Å². The van der Waals surface area contributed by atoms with E-state index in [1.165, 1.54) is 18.2 Å². The van der Waals surface area contributed by atoms with Gasteiger partial charge in [0.2, 0.25) is 0 Å². The molecule has 0 radical (unpaired) electrons. The molecule has 0 saturated carbocycles. The molecule has 0 aliphatic heterocycles. The van der Waals surface area contributed by atoms with Gasteiger partial charge in [0.25, 0.3) is 0 Å². The van der Waals surface area contributed by atoms with E-state index < -0.39 is 11.6 Å². The van der Waals surface area contributed by atoms with Crippen molar-refractivity contribution in [1.82, 2.24) is 5.32 Å². The van der Waals surface area contributed by atoms with Gasteiger partial charge in [0, 0.05) is 31.0 Å². The number of halogens is 2. The molecule has 5 heteroatoms. The fraction of sp³-hybridized carbons (Fsp3) is 0.500. The average Bonchev–Trinajstić information content (AvgIpc) is 2.31. The van der Waals surface area contributed by atoms with Gasteiger partial charge in [0.05, 0.1) is 0 Å². The molecule has 17 heavy (non-hydrogen) atoms. The summed E-state index contributed by atoms with van der Waals surface area (Å²) >= 11 is 1.71. The quantitative estimate of drug-likeness (QED) is 0.703. The lowest BCUT2D eigenvalue weighted by Gasteiger charge is -2.06. The first-order valence-electron chi connectivity index (χ1n) is 5.58. The molecule has 1 aromatic rings. The molecular formula is C12H17F2NOS. The van der Waals surface area contributed by atoms with Crippen LogP contribution in [0.3, 0.4) is 0 Å². The van der Waals surface area contributed by atoms with Crippen molar-refractivity contribution in [1.29, 1.82) is 0 Å². The fourth-order valence-electron chi connectivity index (χ4n) is 1.33. The van der Waals surface area contributed by atoms with Crippen LogP contribution in [0.1, 0.15) is 12.0 Å². The van der Waals surface area contributed by atoms with Crippen LogP contribution in [0, 0.1) is 11.6 Å². The number of aliphatic hydroxyl groups is 1. The monoisotopic (exact) mass is 261 g/mol. The number of nitrogens with one attached hydrogen (secondary N) is 1. The summed E-state index contributed by atoms with van der Waals surface area (Å²) in [5, 5.41) is 11.6. The molecule has 0 saturated heterocycles. The minimum absolute atomic E-state index is 0.0906. The Hall–Kier alpha value is -0.650. The van der Waals surface area contributed by atoms with Gasteiger partial charge in [0.1, 0.15) is 11.6 Å². The number of benzene rings is 1. The molecule has 1 aromatic carbocycles. The third-order valence-corrected chi connectivity index (χ3v) is 3.30. The summed E-state index contributed by atoms with van der Waals surface area (Å²) in [5.74, 6) is 0.762. The summed E-state index contributed by atoms with van der Waals surface area (Å²) in [6.07, 6.45) is 0.784. The topological polar surface area (TPSA) is 32.3 Å². The highest BCUT2D eigenvalue weighted by molar-refractivity contribution is 7.99. The van der Waals surface area contributed by atoms with Crippen LogP contribution in [0.2, 0.25) is 0 Å². The maximum atomic E-state index is 13.2. The third kappa shape index (κ3) is 5.48. The van der Waals surface area contributed by atoms with Crippen molar-refractivity contribution in [3.8, 4) is 0 Å². The summed E-state index contributed by atoms with van der Waals surface area (Å²) in [6, 6.07) is 3.88. The Labute approximate surface area is 104 Å². The lowest BCUT2D eigenvalue weighted by molar-refractivity contribution is 0.296. The van der Waals surface area contributed by atoms with Gasteiger partial charge in [-0.15, -0.1) is 0 Å². The summed E-state index contributed by atoms with van der Waals surface area (Å²) < 4.78 is 26.4. The van der Waals surface area contributed by atoms with Gasteiger partial charge in [0.15, 0.2) is 0 Å². The van der Waals surface area contributed by atoms with Gasteiger partial charge in [-0.25, -0.2) is 8.78 Å². The first-order valence-corrected chi connectivity index (χ1v) is 6.73. The van der Waals surface area contributed by atoms with Gasteiger partial charge in [-0.3, -0.25) is 0 Å². The third-order valence-electron chi connectivity index (χ3n) is 2.23. The van der Waals surface area contributed by atoms with Crippen molar-refractivity contribution >= 4 is 11.8 Å². The number of aliphatic hydroxyl groups excluding tert-OH is 1. The second-order valence-corrected chi connectivity index (χ2v) is 4.79. The molecule has 0 heterocycles. The molecule has 0 bridgehead atoms. The molecule has 0 atom stereocenters. The number of thioether (sulfide) groups is 1. The molecule has 0 fully saturated rings. The molecule has 0 unspecified atom stereocenters. The Morgan fingerprint density at radius 3 is 2.53 bits per heavy atom. The Balaban J connectivity index is 2.18. The lowest BCUT2D eigenvalue weighted by atomic mass is 10.2. The van der Waals surface area contributed by atoms with Crippen molar-refractivity contribution in [3.63, 3.8) is 0 Å². The van der Waals surface area contributed by atoms with Crippen molar-refractivity contribution in [2.75, 3.05) is 24.7 Å². The first-order chi connectivity index (χ1) is 8.25. The van der Waals surface area contributed by atoms with E-state index in [0.29, 0.717) is 6.54 Å². The lowest BCUT2D eigenvalue weighted by Crippen LogP contribution is -2.18. The van der Waals surface area contributed by atoms with Crippen LogP contribution in [0.4, 0.5) is 8.78 Å². The predicted molar refractivity (Wildman–Crippen MR) is 67.1 cm³/mol. The molecule has 0 amide bonds. The molecule has 0 aromatic heterocycles. The standard InChI is InChI=1S/C12H17F2NOS/c13-11-3-1-4-12(14)10(11)9-15-5-8-17-7-2-6-16/h1,3-4,15-16H,2,5-9H2. The van der Waals surface area contributed by atoms with Crippen LogP contribution in [0.25, 0.3) is 0 Å². The van der Waals surface area contributed by atoms with E-state index in [0.717, 1.165) is 17.9 Å². The van der Waals surface area contributed by atoms with Crippen molar-refractivity contribution in [3.05, 3.63) is 35.4 Å². The molecule has 0 aliphatic rings. The Morgan fingerprint density at radius 1 is 1.18 bits per heavy atom. The van der Waals surface area contributed by atoms with E-state index in [4.69, 9.17) is 5.11 Å². The maximum absolute atomic E-state index is 13.2. The van der Waals surface area contributed by atoms with Crippen LogP contribution in [-0.4, -0.2) is 29.8 Å². The minimum atomic E-state index is -0.509. The number of rotatable bonds is 8. The summed E-state index contributed by atoms with van der Waals surface area (Å²) in [4.78, 5) is 0. The molecule has 96 valence electrons. The minimum Gasteiger partial charge on any atom is -0.396 e. The predicted octanol–water partition coefficient (Wildman–Crippen LogP) is 2.17. The van der Waals surface area contributed by atoms with Crippen molar-refractivity contribution in [2.45, 2.75) is 13.0 Å². The Morgan fingerprint density at radius 2 is 1.88 bits per heavy atom. The van der Waals surface area contributed by atoms with Crippen LogP contribution in [0.5, 0.6) is 0 Å². The zero-order valence-electron chi connectivity index (χ0n) is 9.59. The highest BCUT2D eigenvalue weighted by Crippen LogP contribution is 2.11. The zero-order chi connectivity index (χ0) is 12.5. The van der Waals surface area contributed by atoms with E-state index in [-0.39, 0.29) is 18.7 Å². The number of hydrogen-bond acceptors (Lipinski definition) is 3. The molecule has 1 rings (SSSR count). The van der Waals surface area contributed by atoms with E-state index >= 15 is 0 Å². The molecule has 2 N–H and O–H groups in total. The second kappa shape index (κ2) is 8.44. The average molecular weight is 261 g/mol. The van der Waals surface area contributed by atoms with Crippen molar-refractivity contribution < 1.29 is 13.9 Å². The van der Waals surface area contributed by atoms with Gasteiger partial charge in [-0.2, -0.15) is 11.8 Å². The Bertz CT molecular complexity index is 316. The van der Waals surface area contributed by atoms with E-state index in [9.17, 15) is 8.78 Å². The van der Waals surface area contributed by atoms with Gasteiger partial charge in [-0.1, -0.05) is 6.07 Å². The smallest absolute Gasteiger partial charge is 0.130 e. The summed E-state index contributed by atoms with van der Waals surface area (Å²) in [6.45, 7) is 1.11. The molecule has 2 nitrogen and oxygen atoms in total. The van der Waals surface area contributed by atoms with E-state index in [1.807, 2.05) is 0 Å². The molecular weight excluding hydrogens is 244 g/mol. The van der Waals surface area contributed by atoms with Gasteiger partial charge < -0.3 is 10.4 Å². The molecule has 0 aliphatic carbocycles. The van der Waals surface area contributed by atoms with E-state index in [1.54, 1.807) is 11.8 Å². The van der Waals surface area contributed by atoms with Crippen LogP contribution >= 0.6 is 11.8 Å². The summed E-state index contributed by atoms with van der Waals surface area (Å²) in [7, 11) is 0. The highest BCUT2D eigenvalue weighted by atomic mass is 32.2. The SMILES string of the molecule is OCCCSCCNCc1c(F)cccc1F. The second-order valence-electron chi connectivity index (χ2n) is 3.57. The Kier molecular flexibility index (Phi) is 7.16. The normalized spacial score (nSPS) is 10.8. The van der Waals surface area contributed by atoms with Gasteiger partial charge >= 0.3 is 0 Å². The first kappa shape index (κ1) is 14.4. The van der Waals surface area contributed by atoms with Gasteiger partial charge in [-0.05, 0) is 24.3 Å². The van der Waals surface area contributed by atoms with Crippen LogP contribution in [0.15, 0.2) is 18.2 Å². The highest BCUT2D eigenvalue weighted by Gasteiger charge is 2.06. The number of hydrogen-bond donors (Lipinski definition) is 2. The van der Waals surface area contributed by atoms with Crippen LogP contribution < -0.4 is 5.32 Å². The molecule has 0 spiro atoms. The zero-order valence-corrected chi connectivity index (χ0v) is 10.4. The summed E-state index contributed by atoms with van der Waals surface area (Å²) in [5.41, 5.74) is 0.0906.